The Hall–Kier alpha value is -3.61. The second-order valence-electron chi connectivity index (χ2n) is 5.97. The van der Waals surface area contributed by atoms with Gasteiger partial charge in [-0.15, -0.1) is 10.4 Å². The Kier molecular flexibility index (Phi) is 5.21. The van der Waals surface area contributed by atoms with E-state index in [0.717, 1.165) is 0 Å². The third-order valence-electron chi connectivity index (χ3n) is 3.93. The lowest BCUT2D eigenvalue weighted by atomic mass is 10.1. The molecule has 0 fully saturated rings. The van der Waals surface area contributed by atoms with E-state index in [2.05, 4.69) is 10.3 Å². The molecule has 0 amide bonds. The van der Waals surface area contributed by atoms with Crippen LogP contribution < -0.4 is 9.79 Å². The topological polar surface area (TPSA) is 91.8 Å². The number of rotatable bonds is 6. The van der Waals surface area contributed by atoms with Crippen LogP contribution in [0.15, 0.2) is 66.4 Å². The summed E-state index contributed by atoms with van der Waals surface area (Å²) in [4.78, 5) is 25.9. The molecule has 1 heterocycles. The predicted molar refractivity (Wildman–Crippen MR) is 95.6 cm³/mol. The third-order valence-corrected chi connectivity index (χ3v) is 3.93. The Morgan fingerprint density at radius 3 is 2.15 bits per heavy atom. The number of para-hydroxylation sites is 1. The van der Waals surface area contributed by atoms with Gasteiger partial charge >= 0.3 is 5.82 Å². The normalized spacial score (nSPS) is 11.8. The zero-order valence-corrected chi connectivity index (χ0v) is 15.0. The van der Waals surface area contributed by atoms with E-state index in [1.165, 1.54) is 23.3 Å². The monoisotopic (exact) mass is 362 g/mol. The molecular formula is C20H18N4O3. The molecule has 0 radical (unpaired) electrons. The molecule has 0 spiro atoms. The first-order valence-electron chi connectivity index (χ1n) is 8.37. The molecular weight excluding hydrogens is 344 g/mol. The summed E-state index contributed by atoms with van der Waals surface area (Å²) in [5, 5.41) is 20.6. The Labute approximate surface area is 156 Å². The van der Waals surface area contributed by atoms with Gasteiger partial charge < -0.3 is 5.11 Å². The fourth-order valence-electron chi connectivity index (χ4n) is 2.68. The highest BCUT2D eigenvalue weighted by atomic mass is 16.3. The zero-order chi connectivity index (χ0) is 19.4. The Morgan fingerprint density at radius 1 is 1.00 bits per heavy atom. The van der Waals surface area contributed by atoms with Crippen LogP contribution in [-0.4, -0.2) is 26.7 Å². The Balaban J connectivity index is 2.08. The van der Waals surface area contributed by atoms with E-state index < -0.39 is 11.5 Å². The molecule has 0 aliphatic carbocycles. The number of hydrogen-bond acceptors (Lipinski definition) is 5. The number of ketones is 2. The highest BCUT2D eigenvalue weighted by Crippen LogP contribution is 2.13. The van der Waals surface area contributed by atoms with Gasteiger partial charge in [-0.05, 0) is 19.1 Å². The molecule has 3 aromatic rings. The van der Waals surface area contributed by atoms with Crippen LogP contribution in [0.25, 0.3) is 11.3 Å². The van der Waals surface area contributed by atoms with E-state index in [-0.39, 0.29) is 23.7 Å². The fraction of sp³-hybridized carbons (Fsp3) is 0.150. The molecule has 0 aliphatic rings. The van der Waals surface area contributed by atoms with Crippen molar-refractivity contribution in [3.8, 4) is 5.69 Å². The van der Waals surface area contributed by atoms with Crippen molar-refractivity contribution in [2.24, 2.45) is 0 Å². The van der Waals surface area contributed by atoms with Crippen LogP contribution in [0.4, 0.5) is 0 Å². The summed E-state index contributed by atoms with van der Waals surface area (Å²) >= 11 is 0. The van der Waals surface area contributed by atoms with Gasteiger partial charge in [-0.1, -0.05) is 55.5 Å². The number of nitrogens with zero attached hydrogens (tertiary/aromatic N) is 4. The first-order valence-corrected chi connectivity index (χ1v) is 8.37. The van der Waals surface area contributed by atoms with Gasteiger partial charge in [0.2, 0.25) is 0 Å². The summed E-state index contributed by atoms with van der Waals surface area (Å²) in [5.41, 5.74) is 1.08. The number of carbonyl (C=O) groups excluding carboxylic acids is 2. The van der Waals surface area contributed by atoms with Crippen molar-refractivity contribution in [3.63, 3.8) is 0 Å². The Morgan fingerprint density at radius 2 is 1.59 bits per heavy atom. The summed E-state index contributed by atoms with van der Waals surface area (Å²) in [5.74, 6) is -0.983. The first-order chi connectivity index (χ1) is 13.0. The molecule has 3 rings (SSSR count). The van der Waals surface area contributed by atoms with Crippen LogP contribution in [-0.2, 0) is 11.3 Å². The van der Waals surface area contributed by atoms with Gasteiger partial charge in [0.25, 0.3) is 0 Å². The molecule has 7 nitrogen and oxygen atoms in total. The summed E-state index contributed by atoms with van der Waals surface area (Å²) in [7, 11) is 0. The molecule has 27 heavy (non-hydrogen) atoms. The molecule has 0 atom stereocenters. The average molecular weight is 362 g/mol. The van der Waals surface area contributed by atoms with Crippen molar-refractivity contribution in [1.29, 1.82) is 0 Å². The summed E-state index contributed by atoms with van der Waals surface area (Å²) in [6.07, 6.45) is 0. The van der Waals surface area contributed by atoms with E-state index in [1.54, 1.807) is 36.4 Å². The second kappa shape index (κ2) is 7.74. The molecule has 2 aromatic carbocycles. The first kappa shape index (κ1) is 18.2. The minimum Gasteiger partial charge on any atom is -0.875 e. The molecule has 0 bridgehead atoms. The second-order valence-corrected chi connectivity index (χ2v) is 5.97. The van der Waals surface area contributed by atoms with Gasteiger partial charge in [0, 0.05) is 10.4 Å². The van der Waals surface area contributed by atoms with Crippen molar-refractivity contribution in [2.75, 3.05) is 0 Å². The molecule has 0 saturated heterocycles. The summed E-state index contributed by atoms with van der Waals surface area (Å²) in [6, 6.07) is 17.8. The number of Topliss-reactive ketones (excluding diaryl/α,β-unsaturated/α-hetero) is 2. The molecule has 1 aromatic heterocycles. The van der Waals surface area contributed by atoms with Crippen molar-refractivity contribution < 1.29 is 19.4 Å². The maximum atomic E-state index is 12.6. The van der Waals surface area contributed by atoms with E-state index >= 15 is 0 Å². The van der Waals surface area contributed by atoms with Crippen LogP contribution in [0.3, 0.4) is 0 Å². The molecule has 7 heteroatoms. The zero-order valence-electron chi connectivity index (χ0n) is 15.0. The summed E-state index contributed by atoms with van der Waals surface area (Å²) < 4.78 is 1.29. The van der Waals surface area contributed by atoms with Gasteiger partial charge in [-0.3, -0.25) is 9.59 Å². The van der Waals surface area contributed by atoms with Gasteiger partial charge in [-0.25, -0.2) is 0 Å². The average Bonchev–Trinajstić information content (AvgIpc) is 3.06. The predicted octanol–water partition coefficient (Wildman–Crippen LogP) is 1.12. The number of aromatic nitrogens is 4. The SMILES string of the molecule is CC(=O)/C(=C(\C)[O-])c1nn(-c2ccccc2)n[n+]1CC(=O)c1ccccc1. The molecule has 0 aliphatic heterocycles. The van der Waals surface area contributed by atoms with Crippen molar-refractivity contribution in [1.82, 2.24) is 15.1 Å². The van der Waals surface area contributed by atoms with Crippen LogP contribution in [0, 0.1) is 0 Å². The van der Waals surface area contributed by atoms with Crippen molar-refractivity contribution in [2.45, 2.75) is 20.4 Å². The van der Waals surface area contributed by atoms with Crippen LogP contribution in [0.5, 0.6) is 0 Å². The van der Waals surface area contributed by atoms with Crippen LogP contribution in [0.2, 0.25) is 0 Å². The highest BCUT2D eigenvalue weighted by Gasteiger charge is 2.28. The quantitative estimate of drug-likeness (QED) is 0.284. The largest absolute Gasteiger partial charge is 0.875 e. The molecule has 0 saturated carbocycles. The minimum atomic E-state index is -0.427. The lowest BCUT2D eigenvalue weighted by Crippen LogP contribution is -2.44. The third kappa shape index (κ3) is 3.98. The maximum absolute atomic E-state index is 12.6. The smallest absolute Gasteiger partial charge is 0.333 e. The Bertz CT molecular complexity index is 1000. The maximum Gasteiger partial charge on any atom is 0.333 e. The number of carbonyl (C=O) groups is 2. The molecule has 136 valence electrons. The van der Waals surface area contributed by atoms with Crippen LogP contribution >= 0.6 is 0 Å². The van der Waals surface area contributed by atoms with Gasteiger partial charge in [0.15, 0.2) is 23.8 Å². The number of hydrogen-bond donors (Lipinski definition) is 0. The van der Waals surface area contributed by atoms with E-state index in [1.807, 2.05) is 24.3 Å². The molecule has 0 unspecified atom stereocenters. The van der Waals surface area contributed by atoms with Gasteiger partial charge in [0.05, 0.1) is 15.9 Å². The lowest BCUT2D eigenvalue weighted by Gasteiger charge is -2.08. The van der Waals surface area contributed by atoms with Crippen LogP contribution in [0.1, 0.15) is 30.0 Å². The van der Waals surface area contributed by atoms with Crippen molar-refractivity contribution >= 4 is 17.1 Å². The fourth-order valence-corrected chi connectivity index (χ4v) is 2.68. The lowest BCUT2D eigenvalue weighted by molar-refractivity contribution is -0.744. The molecule has 0 N–H and O–H groups in total. The van der Waals surface area contributed by atoms with E-state index in [4.69, 9.17) is 0 Å². The van der Waals surface area contributed by atoms with Gasteiger partial charge in [0.1, 0.15) is 0 Å². The number of allylic oxidation sites excluding steroid dienone is 2. The van der Waals surface area contributed by atoms with E-state index in [9.17, 15) is 14.7 Å². The summed E-state index contributed by atoms with van der Waals surface area (Å²) in [6.45, 7) is 2.44. The van der Waals surface area contributed by atoms with E-state index in [0.29, 0.717) is 11.3 Å². The number of tetrazole rings is 1. The number of benzene rings is 2. The van der Waals surface area contributed by atoms with Gasteiger partial charge in [-0.2, -0.15) is 0 Å². The standard InChI is InChI=1S/C20H18N4O3/c1-14(25)19(15(2)26)20-21-24(17-11-7-4-8-12-17)22-23(20)13-18(27)16-9-5-3-6-10-16/h3-12H,13H2,1-2H3. The minimum absolute atomic E-state index is 0.0723. The van der Waals surface area contributed by atoms with Crippen molar-refractivity contribution in [3.05, 3.63) is 77.8 Å². The highest BCUT2D eigenvalue weighted by molar-refractivity contribution is 6.18.